The molecule has 0 unspecified atom stereocenters. The fourth-order valence-corrected chi connectivity index (χ4v) is 4.07. The number of fused-ring (bicyclic) bond motifs is 3. The number of aliphatic hydroxyl groups is 1. The first-order valence-electron chi connectivity index (χ1n) is 10.7. The molecule has 1 aliphatic carbocycles. The molecular weight excluding hydrogens is 440 g/mol. The molecule has 2 amide bonds. The van der Waals surface area contributed by atoms with Crippen LogP contribution in [0.2, 0.25) is 0 Å². The second-order valence-electron chi connectivity index (χ2n) is 7.89. The summed E-state index contributed by atoms with van der Waals surface area (Å²) in [5, 5.41) is 23.0. The van der Waals surface area contributed by atoms with Crippen molar-refractivity contribution in [3.63, 3.8) is 0 Å². The van der Waals surface area contributed by atoms with Crippen molar-refractivity contribution >= 4 is 18.0 Å². The molecule has 0 bridgehead atoms. The zero-order valence-electron chi connectivity index (χ0n) is 18.1. The topological polar surface area (TPSA) is 154 Å². The van der Waals surface area contributed by atoms with Crippen LogP contribution < -0.4 is 10.6 Å². The van der Waals surface area contributed by atoms with Gasteiger partial charge in [0.05, 0.1) is 12.9 Å². The van der Waals surface area contributed by atoms with E-state index in [-0.39, 0.29) is 18.9 Å². The van der Waals surface area contributed by atoms with Crippen LogP contribution in [0.5, 0.6) is 0 Å². The van der Waals surface area contributed by atoms with Crippen LogP contribution in [0.3, 0.4) is 0 Å². The molecule has 0 aliphatic heterocycles. The van der Waals surface area contributed by atoms with Gasteiger partial charge in [-0.1, -0.05) is 48.5 Å². The van der Waals surface area contributed by atoms with Gasteiger partial charge in [-0.15, -0.1) is 0 Å². The van der Waals surface area contributed by atoms with Crippen LogP contribution in [0.4, 0.5) is 4.79 Å². The average Bonchev–Trinajstić information content (AvgIpc) is 3.46. The Bertz CT molecular complexity index is 1130. The Hall–Kier alpha value is -4.18. The van der Waals surface area contributed by atoms with E-state index in [4.69, 9.17) is 9.84 Å². The Kier molecular flexibility index (Phi) is 6.88. The van der Waals surface area contributed by atoms with Crippen molar-refractivity contribution in [3.8, 4) is 11.1 Å². The van der Waals surface area contributed by atoms with Gasteiger partial charge in [-0.25, -0.2) is 14.6 Å². The first-order chi connectivity index (χ1) is 16.5. The van der Waals surface area contributed by atoms with Gasteiger partial charge in [0.2, 0.25) is 5.91 Å². The van der Waals surface area contributed by atoms with Crippen LogP contribution in [0.1, 0.15) is 22.7 Å². The number of carboxylic acids is 1. The quantitative estimate of drug-likeness (QED) is 0.321. The molecule has 10 heteroatoms. The maximum absolute atomic E-state index is 12.7. The van der Waals surface area contributed by atoms with E-state index in [0.29, 0.717) is 5.69 Å². The van der Waals surface area contributed by atoms with E-state index in [1.807, 2.05) is 48.5 Å². The van der Waals surface area contributed by atoms with E-state index in [2.05, 4.69) is 20.6 Å². The SMILES string of the molecule is O=C(N[C@@H](Cc1cnc[nH]1)C(=O)N[C@H](CO)C(=O)O)OCC1c2ccccc2-c2ccccc21. The summed E-state index contributed by atoms with van der Waals surface area (Å²) in [4.78, 5) is 43.2. The maximum Gasteiger partial charge on any atom is 0.407 e. The van der Waals surface area contributed by atoms with E-state index < -0.39 is 36.7 Å². The van der Waals surface area contributed by atoms with E-state index >= 15 is 0 Å². The van der Waals surface area contributed by atoms with Gasteiger partial charge in [0.1, 0.15) is 18.7 Å². The zero-order valence-corrected chi connectivity index (χ0v) is 18.1. The van der Waals surface area contributed by atoms with Crippen molar-refractivity contribution in [3.05, 3.63) is 77.9 Å². The van der Waals surface area contributed by atoms with Crippen LogP contribution in [0.15, 0.2) is 61.1 Å². The van der Waals surface area contributed by atoms with Crippen molar-refractivity contribution in [1.29, 1.82) is 0 Å². The van der Waals surface area contributed by atoms with Gasteiger partial charge in [-0.3, -0.25) is 4.79 Å². The number of imidazole rings is 1. The second kappa shape index (κ2) is 10.2. The molecule has 0 saturated carbocycles. The number of rotatable bonds is 9. The Morgan fingerprint density at radius 1 is 1.00 bits per heavy atom. The molecule has 5 N–H and O–H groups in total. The molecule has 3 aromatic rings. The van der Waals surface area contributed by atoms with Crippen molar-refractivity contribution < 1.29 is 29.3 Å². The summed E-state index contributed by atoms with van der Waals surface area (Å²) in [5.74, 6) is -2.31. The molecule has 1 aliphatic rings. The number of aromatic amines is 1. The molecule has 4 rings (SSSR count). The highest BCUT2D eigenvalue weighted by Gasteiger charge is 2.31. The average molecular weight is 464 g/mol. The number of amides is 2. The molecule has 0 radical (unpaired) electrons. The zero-order chi connectivity index (χ0) is 24.1. The Balaban J connectivity index is 1.45. The van der Waals surface area contributed by atoms with Crippen LogP contribution >= 0.6 is 0 Å². The summed E-state index contributed by atoms with van der Waals surface area (Å²) in [6.45, 7) is -0.727. The molecule has 176 valence electrons. The normalized spacial score (nSPS) is 13.9. The minimum absolute atomic E-state index is 0.0216. The maximum atomic E-state index is 12.7. The van der Waals surface area contributed by atoms with Gasteiger partial charge in [0, 0.05) is 24.2 Å². The van der Waals surface area contributed by atoms with Crippen molar-refractivity contribution in [2.24, 2.45) is 0 Å². The van der Waals surface area contributed by atoms with Gasteiger partial charge in [0.25, 0.3) is 0 Å². The molecule has 0 fully saturated rings. The highest BCUT2D eigenvalue weighted by atomic mass is 16.5. The molecule has 0 spiro atoms. The van der Waals surface area contributed by atoms with Crippen molar-refractivity contribution in [2.75, 3.05) is 13.2 Å². The van der Waals surface area contributed by atoms with Gasteiger partial charge in [-0.2, -0.15) is 0 Å². The first-order valence-corrected chi connectivity index (χ1v) is 10.7. The van der Waals surface area contributed by atoms with Crippen LogP contribution in [0, 0.1) is 0 Å². The van der Waals surface area contributed by atoms with Gasteiger partial charge >= 0.3 is 12.1 Å². The third-order valence-electron chi connectivity index (χ3n) is 5.73. The number of alkyl carbamates (subject to hydrolysis) is 1. The number of carboxylic acid groups (broad SMARTS) is 1. The number of ether oxygens (including phenoxy) is 1. The van der Waals surface area contributed by atoms with Crippen LogP contribution in [-0.4, -0.2) is 63.4 Å². The monoisotopic (exact) mass is 464 g/mol. The molecule has 2 atom stereocenters. The third kappa shape index (κ3) is 4.91. The lowest BCUT2D eigenvalue weighted by molar-refractivity contribution is -0.143. The number of carbonyl (C=O) groups excluding carboxylic acids is 2. The smallest absolute Gasteiger partial charge is 0.407 e. The second-order valence-corrected chi connectivity index (χ2v) is 7.89. The molecule has 2 aromatic carbocycles. The van der Waals surface area contributed by atoms with E-state index in [1.54, 1.807) is 0 Å². The predicted molar refractivity (Wildman–Crippen MR) is 121 cm³/mol. The fourth-order valence-electron chi connectivity index (χ4n) is 4.07. The lowest BCUT2D eigenvalue weighted by Gasteiger charge is -2.21. The first kappa shape index (κ1) is 23.0. The largest absolute Gasteiger partial charge is 0.480 e. The molecule has 1 heterocycles. The number of carbonyl (C=O) groups is 3. The molecule has 1 aromatic heterocycles. The molecule has 10 nitrogen and oxygen atoms in total. The van der Waals surface area contributed by atoms with Crippen molar-refractivity contribution in [1.82, 2.24) is 20.6 Å². The highest BCUT2D eigenvalue weighted by molar-refractivity contribution is 5.89. The van der Waals surface area contributed by atoms with Crippen molar-refractivity contribution in [2.45, 2.75) is 24.4 Å². The number of nitrogens with one attached hydrogen (secondary N) is 3. The van der Waals surface area contributed by atoms with E-state index in [0.717, 1.165) is 22.3 Å². The van der Waals surface area contributed by atoms with Gasteiger partial charge < -0.3 is 30.6 Å². The Morgan fingerprint density at radius 2 is 1.65 bits per heavy atom. The van der Waals surface area contributed by atoms with Crippen LogP contribution in [-0.2, 0) is 20.7 Å². The Labute approximate surface area is 195 Å². The summed E-state index contributed by atoms with van der Waals surface area (Å²) in [6, 6.07) is 13.2. The molecule has 34 heavy (non-hydrogen) atoms. The Morgan fingerprint density at radius 3 is 2.21 bits per heavy atom. The highest BCUT2D eigenvalue weighted by Crippen LogP contribution is 2.44. The summed E-state index contributed by atoms with van der Waals surface area (Å²) < 4.78 is 5.50. The number of hydrogen-bond acceptors (Lipinski definition) is 6. The summed E-state index contributed by atoms with van der Waals surface area (Å²) in [6.07, 6.45) is 2.11. The predicted octanol–water partition coefficient (Wildman–Crippen LogP) is 1.42. The molecule has 0 saturated heterocycles. The van der Waals surface area contributed by atoms with E-state index in [9.17, 15) is 19.5 Å². The van der Waals surface area contributed by atoms with Gasteiger partial charge in [0.15, 0.2) is 0 Å². The summed E-state index contributed by atoms with van der Waals surface area (Å²) in [7, 11) is 0. The number of benzene rings is 2. The number of aliphatic carboxylic acids is 1. The number of aromatic nitrogens is 2. The molecular formula is C24H24N4O6. The van der Waals surface area contributed by atoms with Crippen LogP contribution in [0.25, 0.3) is 11.1 Å². The summed E-state index contributed by atoms with van der Waals surface area (Å²) >= 11 is 0. The number of nitrogens with zero attached hydrogens (tertiary/aromatic N) is 1. The number of aliphatic hydroxyl groups excluding tert-OH is 1. The lowest BCUT2D eigenvalue weighted by atomic mass is 9.98. The number of hydrogen-bond donors (Lipinski definition) is 5. The minimum Gasteiger partial charge on any atom is -0.480 e. The lowest BCUT2D eigenvalue weighted by Crippen LogP contribution is -2.53. The third-order valence-corrected chi connectivity index (χ3v) is 5.73. The van der Waals surface area contributed by atoms with Gasteiger partial charge in [-0.05, 0) is 22.3 Å². The standard InChI is InChI=1S/C24H24N4O6/c29-11-21(23(31)32)27-22(30)20(9-14-10-25-13-26-14)28-24(33)34-12-19-17-7-3-1-5-15(17)16-6-2-4-8-18(16)19/h1-8,10,13,19-21,29H,9,11-12H2,(H,25,26)(H,27,30)(H,28,33)(H,31,32)/t20-,21+/m0/s1. The minimum atomic E-state index is -1.50. The van der Waals surface area contributed by atoms with E-state index in [1.165, 1.54) is 12.5 Å². The number of H-pyrrole nitrogens is 1. The fraction of sp³-hybridized carbons (Fsp3) is 0.250. The summed E-state index contributed by atoms with van der Waals surface area (Å²) in [5.41, 5.74) is 4.83.